The summed E-state index contributed by atoms with van der Waals surface area (Å²) < 4.78 is 0. The Balaban J connectivity index is 1.85. The quantitative estimate of drug-likeness (QED) is 0.893. The van der Waals surface area contributed by atoms with E-state index in [9.17, 15) is 4.79 Å². The van der Waals surface area contributed by atoms with Crippen LogP contribution in [0.15, 0.2) is 0 Å². The third-order valence-electron chi connectivity index (χ3n) is 3.52. The summed E-state index contributed by atoms with van der Waals surface area (Å²) in [5.74, 6) is 0.270. The van der Waals surface area contributed by atoms with E-state index in [0.717, 1.165) is 29.4 Å². The Morgan fingerprint density at radius 2 is 2.20 bits per heavy atom. The maximum absolute atomic E-state index is 12.1. The number of nitrogens with one attached hydrogen (secondary N) is 2. The second-order valence-corrected chi connectivity index (χ2v) is 7.61. The summed E-state index contributed by atoms with van der Waals surface area (Å²) in [6, 6.07) is 0.425. The number of rotatable bonds is 3. The second kappa shape index (κ2) is 6.18. The first kappa shape index (κ1) is 15.4. The van der Waals surface area contributed by atoms with Crippen molar-refractivity contribution in [3.05, 3.63) is 10.0 Å². The predicted octanol–water partition coefficient (Wildman–Crippen LogP) is 1.84. The van der Waals surface area contributed by atoms with Crippen molar-refractivity contribution < 1.29 is 4.79 Å². The fourth-order valence-electron chi connectivity index (χ4n) is 2.31. The van der Waals surface area contributed by atoms with Crippen molar-refractivity contribution in [2.75, 3.05) is 6.54 Å². The van der Waals surface area contributed by atoms with Gasteiger partial charge in [-0.25, -0.2) is 0 Å². The van der Waals surface area contributed by atoms with Crippen molar-refractivity contribution in [3.63, 3.8) is 0 Å². The maximum atomic E-state index is 12.1. The van der Waals surface area contributed by atoms with Crippen LogP contribution in [0.4, 0.5) is 0 Å². The van der Waals surface area contributed by atoms with Crippen LogP contribution in [0.3, 0.4) is 0 Å². The molecule has 112 valence electrons. The van der Waals surface area contributed by atoms with Gasteiger partial charge >= 0.3 is 0 Å². The maximum Gasteiger partial charge on any atom is 0.223 e. The molecular weight excluding hydrogens is 272 g/mol. The molecule has 2 atom stereocenters. The minimum absolute atomic E-state index is 0.0183. The van der Waals surface area contributed by atoms with Crippen molar-refractivity contribution >= 4 is 17.2 Å². The monoisotopic (exact) mass is 296 g/mol. The zero-order chi connectivity index (χ0) is 14.8. The third-order valence-corrected chi connectivity index (χ3v) is 4.87. The van der Waals surface area contributed by atoms with Crippen LogP contribution in [0, 0.1) is 5.92 Å². The molecule has 2 rings (SSSR count). The van der Waals surface area contributed by atoms with Gasteiger partial charge in [0.25, 0.3) is 0 Å². The highest BCUT2D eigenvalue weighted by atomic mass is 32.1. The van der Waals surface area contributed by atoms with Crippen LogP contribution >= 0.6 is 11.3 Å². The Kier molecular flexibility index (Phi) is 4.75. The van der Waals surface area contributed by atoms with Gasteiger partial charge in [-0.3, -0.25) is 4.79 Å². The Morgan fingerprint density at radius 1 is 1.45 bits per heavy atom. The normalized spacial score (nSPS) is 23.6. The van der Waals surface area contributed by atoms with Crippen molar-refractivity contribution in [3.8, 4) is 0 Å². The van der Waals surface area contributed by atoms with Crippen molar-refractivity contribution in [2.24, 2.45) is 5.92 Å². The summed E-state index contributed by atoms with van der Waals surface area (Å²) in [6.07, 6.45) is 1.83. The molecule has 1 aromatic rings. The highest BCUT2D eigenvalue weighted by Crippen LogP contribution is 2.25. The fraction of sp³-hybridized carbons (Fsp3) is 0.786. The summed E-state index contributed by atoms with van der Waals surface area (Å²) in [7, 11) is 0. The van der Waals surface area contributed by atoms with Crippen LogP contribution in [-0.4, -0.2) is 28.7 Å². The fourth-order valence-corrected chi connectivity index (χ4v) is 3.14. The smallest absolute Gasteiger partial charge is 0.223 e. The topological polar surface area (TPSA) is 66.9 Å². The molecule has 5 nitrogen and oxygen atoms in total. The SMILES string of the molecule is C[C@H]1C[C@@H](C(=O)NCc2nnc(C(C)(C)C)s2)CCN1. The van der Waals surface area contributed by atoms with E-state index in [-0.39, 0.29) is 17.2 Å². The lowest BCUT2D eigenvalue weighted by atomic mass is 9.92. The minimum Gasteiger partial charge on any atom is -0.349 e. The van der Waals surface area contributed by atoms with Crippen LogP contribution in [0.1, 0.15) is 50.6 Å². The van der Waals surface area contributed by atoms with Gasteiger partial charge in [0.1, 0.15) is 10.0 Å². The molecule has 20 heavy (non-hydrogen) atoms. The summed E-state index contributed by atoms with van der Waals surface area (Å²) in [4.78, 5) is 12.1. The largest absolute Gasteiger partial charge is 0.349 e. The van der Waals surface area contributed by atoms with Crippen molar-refractivity contribution in [2.45, 2.75) is 58.5 Å². The zero-order valence-electron chi connectivity index (χ0n) is 12.7. The van der Waals surface area contributed by atoms with Crippen LogP contribution in [0.2, 0.25) is 0 Å². The number of aromatic nitrogens is 2. The molecule has 1 amide bonds. The van der Waals surface area contributed by atoms with Crippen LogP contribution in [0.5, 0.6) is 0 Å². The summed E-state index contributed by atoms with van der Waals surface area (Å²) in [5.41, 5.74) is 0.0183. The van der Waals surface area contributed by atoms with E-state index in [2.05, 4.69) is 48.5 Å². The number of amides is 1. The molecule has 2 heterocycles. The van der Waals surface area contributed by atoms with E-state index < -0.39 is 0 Å². The highest BCUT2D eigenvalue weighted by Gasteiger charge is 2.25. The van der Waals surface area contributed by atoms with E-state index in [1.807, 2.05) is 0 Å². The number of carbonyl (C=O) groups is 1. The number of hydrogen-bond acceptors (Lipinski definition) is 5. The molecule has 1 aliphatic heterocycles. The number of hydrogen-bond donors (Lipinski definition) is 2. The highest BCUT2D eigenvalue weighted by molar-refractivity contribution is 7.11. The van der Waals surface area contributed by atoms with Crippen LogP contribution < -0.4 is 10.6 Å². The van der Waals surface area contributed by atoms with E-state index >= 15 is 0 Å². The van der Waals surface area contributed by atoms with E-state index in [0.29, 0.717) is 12.6 Å². The van der Waals surface area contributed by atoms with Gasteiger partial charge in [-0.05, 0) is 26.3 Å². The number of piperidine rings is 1. The van der Waals surface area contributed by atoms with Gasteiger partial charge in [-0.1, -0.05) is 32.1 Å². The number of nitrogens with zero attached hydrogens (tertiary/aromatic N) is 2. The van der Waals surface area contributed by atoms with Gasteiger partial charge in [0.05, 0.1) is 6.54 Å². The lowest BCUT2D eigenvalue weighted by molar-refractivity contribution is -0.126. The van der Waals surface area contributed by atoms with Gasteiger partial charge in [0.2, 0.25) is 5.91 Å². The molecule has 0 aromatic carbocycles. The zero-order valence-corrected chi connectivity index (χ0v) is 13.5. The first-order valence-corrected chi connectivity index (χ1v) is 8.02. The predicted molar refractivity (Wildman–Crippen MR) is 80.6 cm³/mol. The molecule has 1 aromatic heterocycles. The van der Waals surface area contributed by atoms with Gasteiger partial charge < -0.3 is 10.6 Å². The first-order valence-electron chi connectivity index (χ1n) is 7.20. The van der Waals surface area contributed by atoms with E-state index in [4.69, 9.17) is 0 Å². The molecule has 0 unspecified atom stereocenters. The molecule has 6 heteroatoms. The van der Waals surface area contributed by atoms with Gasteiger partial charge in [-0.2, -0.15) is 0 Å². The van der Waals surface area contributed by atoms with Crippen molar-refractivity contribution in [1.82, 2.24) is 20.8 Å². The van der Waals surface area contributed by atoms with Gasteiger partial charge in [0, 0.05) is 17.4 Å². The molecule has 1 fully saturated rings. The van der Waals surface area contributed by atoms with Gasteiger partial charge in [-0.15, -0.1) is 10.2 Å². The van der Waals surface area contributed by atoms with Crippen molar-refractivity contribution in [1.29, 1.82) is 0 Å². The Labute approximate surface area is 124 Å². The van der Waals surface area contributed by atoms with Crippen LogP contribution in [-0.2, 0) is 16.8 Å². The van der Waals surface area contributed by atoms with E-state index in [1.165, 1.54) is 0 Å². The Hall–Kier alpha value is -1.01. The molecule has 2 N–H and O–H groups in total. The van der Waals surface area contributed by atoms with E-state index in [1.54, 1.807) is 11.3 Å². The molecule has 0 saturated carbocycles. The summed E-state index contributed by atoms with van der Waals surface area (Å²) in [5, 5.41) is 16.6. The standard InChI is InChI=1S/C14H24N4OS/c1-9-7-10(5-6-15-9)12(19)16-8-11-17-18-13(20-11)14(2,3)4/h9-10,15H,5-8H2,1-4H3,(H,16,19)/t9-,10-/m0/s1. The Bertz CT molecular complexity index is 466. The van der Waals surface area contributed by atoms with Crippen LogP contribution in [0.25, 0.3) is 0 Å². The first-order chi connectivity index (χ1) is 9.36. The molecule has 0 spiro atoms. The average molecular weight is 296 g/mol. The number of carbonyl (C=O) groups excluding carboxylic acids is 1. The molecule has 0 bridgehead atoms. The molecule has 1 saturated heterocycles. The second-order valence-electron chi connectivity index (χ2n) is 6.55. The summed E-state index contributed by atoms with van der Waals surface area (Å²) >= 11 is 1.58. The minimum atomic E-state index is 0.0183. The third kappa shape index (κ3) is 3.99. The lowest BCUT2D eigenvalue weighted by Crippen LogP contribution is -2.42. The molecular formula is C14H24N4OS. The average Bonchev–Trinajstić information content (AvgIpc) is 2.84. The van der Waals surface area contributed by atoms with Gasteiger partial charge in [0.15, 0.2) is 0 Å². The molecule has 0 radical (unpaired) electrons. The molecule has 0 aliphatic carbocycles. The molecule has 1 aliphatic rings. The Morgan fingerprint density at radius 3 is 2.80 bits per heavy atom. The lowest BCUT2D eigenvalue weighted by Gasteiger charge is -2.26. The summed E-state index contributed by atoms with van der Waals surface area (Å²) in [6.45, 7) is 9.89.